The molecule has 5 atom stereocenters. The molecule has 22 heavy (non-hydrogen) atoms. The fourth-order valence-corrected chi connectivity index (χ4v) is 2.10. The summed E-state index contributed by atoms with van der Waals surface area (Å²) >= 11 is 0. The van der Waals surface area contributed by atoms with Crippen molar-refractivity contribution >= 4 is 6.09 Å². The number of ether oxygens (including phenoxy) is 2. The molecule has 0 unspecified atom stereocenters. The van der Waals surface area contributed by atoms with Crippen molar-refractivity contribution in [1.82, 2.24) is 5.32 Å². The maximum atomic E-state index is 11.7. The molecule has 1 aromatic rings. The Morgan fingerprint density at radius 2 is 1.82 bits per heavy atom. The maximum Gasteiger partial charge on any atom is 0.409 e. The first-order chi connectivity index (χ1) is 10.5. The quantitative estimate of drug-likeness (QED) is 0.468. The fraction of sp³-hybridized carbons (Fsp3) is 0.500. The molecule has 8 nitrogen and oxygen atoms in total. The Labute approximate surface area is 126 Å². The molecule has 1 heterocycles. The zero-order valence-corrected chi connectivity index (χ0v) is 11.7. The number of alkyl carbamates (subject to hydrolysis) is 1. The van der Waals surface area contributed by atoms with Crippen LogP contribution in [-0.2, 0) is 16.1 Å². The second-order valence-corrected chi connectivity index (χ2v) is 4.96. The van der Waals surface area contributed by atoms with Gasteiger partial charge >= 0.3 is 6.09 Å². The van der Waals surface area contributed by atoms with Crippen LogP contribution in [0, 0.1) is 0 Å². The molecule has 1 amide bonds. The first kappa shape index (κ1) is 16.7. The lowest BCUT2D eigenvalue weighted by molar-refractivity contribution is -0.234. The molecule has 1 saturated heterocycles. The third kappa shape index (κ3) is 3.93. The standard InChI is InChI=1S/C14H19NO7/c16-6-9-10(17)11(18)12(19)13(22-9)15-14(20)21-7-8-4-2-1-3-5-8/h1-5,9-13,16-19H,6-7H2,(H,15,20)/t9-,10-,11+,12-,13+/m1/s1. The van der Waals surface area contributed by atoms with E-state index in [0.29, 0.717) is 0 Å². The summed E-state index contributed by atoms with van der Waals surface area (Å²) in [7, 11) is 0. The van der Waals surface area contributed by atoms with Gasteiger partial charge in [-0.25, -0.2) is 4.79 Å². The van der Waals surface area contributed by atoms with Crippen LogP contribution < -0.4 is 5.32 Å². The summed E-state index contributed by atoms with van der Waals surface area (Å²) in [4.78, 5) is 11.7. The van der Waals surface area contributed by atoms with Crippen molar-refractivity contribution in [2.24, 2.45) is 0 Å². The predicted octanol–water partition coefficient (Wildman–Crippen LogP) is -1.29. The van der Waals surface area contributed by atoms with Crippen molar-refractivity contribution in [3.63, 3.8) is 0 Å². The van der Waals surface area contributed by atoms with E-state index in [1.807, 2.05) is 6.07 Å². The highest BCUT2D eigenvalue weighted by Crippen LogP contribution is 2.19. The number of carbonyl (C=O) groups excluding carboxylic acids is 1. The normalized spacial score (nSPS) is 31.5. The van der Waals surface area contributed by atoms with E-state index in [-0.39, 0.29) is 6.61 Å². The number of hydrogen-bond donors (Lipinski definition) is 5. The summed E-state index contributed by atoms with van der Waals surface area (Å²) in [6.07, 6.45) is -7.80. The molecular formula is C14H19NO7. The Hall–Kier alpha value is -1.71. The Kier molecular flexibility index (Phi) is 5.69. The second kappa shape index (κ2) is 7.52. The van der Waals surface area contributed by atoms with Gasteiger partial charge < -0.3 is 29.9 Å². The molecule has 122 valence electrons. The highest BCUT2D eigenvalue weighted by atomic mass is 16.6. The number of hydrogen-bond acceptors (Lipinski definition) is 7. The van der Waals surface area contributed by atoms with Gasteiger partial charge in [0.05, 0.1) is 6.61 Å². The molecule has 0 bridgehead atoms. The van der Waals surface area contributed by atoms with Crippen molar-refractivity contribution in [1.29, 1.82) is 0 Å². The predicted molar refractivity (Wildman–Crippen MR) is 73.5 cm³/mol. The monoisotopic (exact) mass is 313 g/mol. The zero-order chi connectivity index (χ0) is 16.1. The van der Waals surface area contributed by atoms with Crippen LogP contribution in [0.15, 0.2) is 30.3 Å². The summed E-state index contributed by atoms with van der Waals surface area (Å²) in [5.74, 6) is 0. The maximum absolute atomic E-state index is 11.7. The topological polar surface area (TPSA) is 128 Å². The van der Waals surface area contributed by atoms with Crippen molar-refractivity contribution in [3.05, 3.63) is 35.9 Å². The third-order valence-electron chi connectivity index (χ3n) is 3.37. The SMILES string of the molecule is O=C(N[C@H]1O[C@H](CO)[C@@H](O)[C@H](O)[C@H]1O)OCc1ccccc1. The first-order valence-corrected chi connectivity index (χ1v) is 6.80. The van der Waals surface area contributed by atoms with E-state index in [4.69, 9.17) is 14.6 Å². The molecule has 1 aromatic carbocycles. The number of benzene rings is 1. The highest BCUT2D eigenvalue weighted by Gasteiger charge is 2.44. The van der Waals surface area contributed by atoms with E-state index in [1.54, 1.807) is 24.3 Å². The van der Waals surface area contributed by atoms with E-state index in [9.17, 15) is 20.1 Å². The van der Waals surface area contributed by atoms with Crippen LogP contribution in [0.2, 0.25) is 0 Å². The summed E-state index contributed by atoms with van der Waals surface area (Å²) in [5, 5.41) is 40.3. The highest BCUT2D eigenvalue weighted by molar-refractivity contribution is 5.67. The number of carbonyl (C=O) groups is 1. The van der Waals surface area contributed by atoms with Gasteiger partial charge in [-0.05, 0) is 5.56 Å². The molecule has 5 N–H and O–H groups in total. The molecule has 0 spiro atoms. The van der Waals surface area contributed by atoms with Crippen LogP contribution >= 0.6 is 0 Å². The van der Waals surface area contributed by atoms with Gasteiger partial charge in [0.2, 0.25) is 0 Å². The fourth-order valence-electron chi connectivity index (χ4n) is 2.10. The lowest BCUT2D eigenvalue weighted by Gasteiger charge is -2.39. The lowest BCUT2D eigenvalue weighted by atomic mass is 9.98. The van der Waals surface area contributed by atoms with Gasteiger partial charge in [-0.3, -0.25) is 5.32 Å². The van der Waals surface area contributed by atoms with Gasteiger partial charge in [-0.1, -0.05) is 30.3 Å². The first-order valence-electron chi connectivity index (χ1n) is 6.80. The minimum Gasteiger partial charge on any atom is -0.445 e. The van der Waals surface area contributed by atoms with Crippen LogP contribution in [0.25, 0.3) is 0 Å². The Bertz CT molecular complexity index is 481. The molecule has 0 aromatic heterocycles. The third-order valence-corrected chi connectivity index (χ3v) is 3.37. The Morgan fingerprint density at radius 1 is 1.14 bits per heavy atom. The largest absolute Gasteiger partial charge is 0.445 e. The van der Waals surface area contributed by atoms with Gasteiger partial charge in [0.25, 0.3) is 0 Å². The van der Waals surface area contributed by atoms with E-state index < -0.39 is 43.3 Å². The Balaban J connectivity index is 1.87. The molecule has 0 aliphatic carbocycles. The van der Waals surface area contributed by atoms with Gasteiger partial charge in [-0.2, -0.15) is 0 Å². The number of nitrogens with one attached hydrogen (secondary N) is 1. The minimum absolute atomic E-state index is 0.0318. The molecule has 8 heteroatoms. The number of amides is 1. The van der Waals surface area contributed by atoms with Crippen LogP contribution in [0.4, 0.5) is 4.79 Å². The van der Waals surface area contributed by atoms with E-state index >= 15 is 0 Å². The smallest absolute Gasteiger partial charge is 0.409 e. The van der Waals surface area contributed by atoms with Crippen molar-refractivity contribution in [2.45, 2.75) is 37.3 Å². The minimum atomic E-state index is -1.55. The molecular weight excluding hydrogens is 294 g/mol. The van der Waals surface area contributed by atoms with Crippen LogP contribution in [0.1, 0.15) is 5.56 Å². The number of aliphatic hydroxyl groups is 4. The summed E-state index contributed by atoms with van der Waals surface area (Å²) in [6.45, 7) is -0.535. The molecule has 0 saturated carbocycles. The molecule has 1 fully saturated rings. The van der Waals surface area contributed by atoms with E-state index in [0.717, 1.165) is 5.56 Å². The molecule has 2 rings (SSSR count). The van der Waals surface area contributed by atoms with Crippen LogP contribution in [-0.4, -0.2) is 63.8 Å². The number of aliphatic hydroxyl groups excluding tert-OH is 4. The average molecular weight is 313 g/mol. The van der Waals surface area contributed by atoms with Crippen LogP contribution in [0.3, 0.4) is 0 Å². The van der Waals surface area contributed by atoms with Crippen molar-refractivity contribution in [3.8, 4) is 0 Å². The van der Waals surface area contributed by atoms with E-state index in [1.165, 1.54) is 0 Å². The Morgan fingerprint density at radius 3 is 2.45 bits per heavy atom. The number of rotatable bonds is 4. The zero-order valence-electron chi connectivity index (χ0n) is 11.7. The van der Waals surface area contributed by atoms with Crippen LogP contribution in [0.5, 0.6) is 0 Å². The summed E-state index contributed by atoms with van der Waals surface area (Å²) in [6, 6.07) is 8.99. The van der Waals surface area contributed by atoms with Crippen molar-refractivity contribution < 1.29 is 34.7 Å². The molecule has 1 aliphatic heterocycles. The lowest BCUT2D eigenvalue weighted by Crippen LogP contribution is -2.63. The van der Waals surface area contributed by atoms with Gasteiger partial charge in [0, 0.05) is 0 Å². The van der Waals surface area contributed by atoms with E-state index in [2.05, 4.69) is 5.32 Å². The second-order valence-electron chi connectivity index (χ2n) is 4.96. The van der Waals surface area contributed by atoms with Gasteiger partial charge in [-0.15, -0.1) is 0 Å². The summed E-state index contributed by atoms with van der Waals surface area (Å²) < 4.78 is 10.1. The molecule has 0 radical (unpaired) electrons. The average Bonchev–Trinajstić information content (AvgIpc) is 2.54. The van der Waals surface area contributed by atoms with Crippen molar-refractivity contribution in [2.75, 3.05) is 6.61 Å². The summed E-state index contributed by atoms with van der Waals surface area (Å²) in [5.41, 5.74) is 0.784. The van der Waals surface area contributed by atoms with Gasteiger partial charge in [0.1, 0.15) is 31.0 Å². The molecule has 1 aliphatic rings. The van der Waals surface area contributed by atoms with Gasteiger partial charge in [0.15, 0.2) is 6.23 Å².